The molecule has 0 bridgehead atoms. The zero-order valence-electron chi connectivity index (χ0n) is 17.1. The number of amides is 1. The molecule has 0 aliphatic rings. The van der Waals surface area contributed by atoms with Gasteiger partial charge in [0.1, 0.15) is 23.3 Å². The first-order chi connectivity index (χ1) is 14.1. The number of aromatic nitrogens is 2. The van der Waals surface area contributed by atoms with Gasteiger partial charge in [0.25, 0.3) is 5.56 Å². The second-order valence-corrected chi connectivity index (χ2v) is 7.77. The van der Waals surface area contributed by atoms with Crippen LogP contribution in [0.5, 0.6) is 0 Å². The highest BCUT2D eigenvalue weighted by Crippen LogP contribution is 2.21. The van der Waals surface area contributed by atoms with Crippen LogP contribution in [0, 0.1) is 17.1 Å². The van der Waals surface area contributed by atoms with Gasteiger partial charge in [0, 0.05) is 0 Å². The predicted molar refractivity (Wildman–Crippen MR) is 110 cm³/mol. The molecule has 30 heavy (non-hydrogen) atoms. The third-order valence-corrected chi connectivity index (χ3v) is 4.23. The number of nitrogens with one attached hydrogen (secondary N) is 1. The summed E-state index contributed by atoms with van der Waals surface area (Å²) in [5, 5.41) is 12.2. The second-order valence-electron chi connectivity index (χ2n) is 7.77. The molecule has 1 amide bonds. The molecule has 1 N–H and O–H groups in total. The Morgan fingerprint density at radius 2 is 1.97 bits per heavy atom. The van der Waals surface area contributed by atoms with Gasteiger partial charge in [0.15, 0.2) is 0 Å². The summed E-state index contributed by atoms with van der Waals surface area (Å²) in [6.45, 7) is 6.84. The van der Waals surface area contributed by atoms with Crippen molar-refractivity contribution >= 4 is 17.0 Å². The standard InChI is InChI=1S/C22H21FN4O3/c1-13(25-21(29)30-22(2,3)4)19-26-17-10-5-7-14(12-24)18(17)20(28)27(19)16-9-6-8-15(23)11-16/h5-11,13H,1-4H3,(H,25,29)/t13-/m0/s1. The molecule has 154 valence electrons. The van der Waals surface area contributed by atoms with Gasteiger partial charge in [-0.1, -0.05) is 12.1 Å². The molecule has 0 aliphatic carbocycles. The van der Waals surface area contributed by atoms with Crippen LogP contribution in [-0.2, 0) is 4.74 Å². The lowest BCUT2D eigenvalue weighted by molar-refractivity contribution is 0.0505. The fourth-order valence-corrected chi connectivity index (χ4v) is 3.04. The number of carbonyl (C=O) groups is 1. The van der Waals surface area contributed by atoms with Crippen LogP contribution in [0.2, 0.25) is 0 Å². The first kappa shape index (κ1) is 21.0. The topological polar surface area (TPSA) is 97.0 Å². The van der Waals surface area contributed by atoms with E-state index in [2.05, 4.69) is 10.3 Å². The van der Waals surface area contributed by atoms with E-state index in [0.717, 1.165) is 0 Å². The van der Waals surface area contributed by atoms with Crippen molar-refractivity contribution in [2.75, 3.05) is 0 Å². The number of hydrogen-bond acceptors (Lipinski definition) is 5. The second kappa shape index (κ2) is 7.95. The number of ether oxygens (including phenoxy) is 1. The summed E-state index contributed by atoms with van der Waals surface area (Å²) in [5.74, 6) is -0.356. The smallest absolute Gasteiger partial charge is 0.408 e. The number of benzene rings is 2. The van der Waals surface area contributed by atoms with Gasteiger partial charge in [-0.25, -0.2) is 14.2 Å². The molecule has 1 heterocycles. The lowest BCUT2D eigenvalue weighted by Crippen LogP contribution is -2.37. The fourth-order valence-electron chi connectivity index (χ4n) is 3.04. The number of fused-ring (bicyclic) bond motifs is 1. The third kappa shape index (κ3) is 4.30. The number of rotatable bonds is 3. The average molecular weight is 408 g/mol. The molecule has 1 aromatic heterocycles. The highest BCUT2D eigenvalue weighted by atomic mass is 19.1. The Morgan fingerprint density at radius 1 is 1.27 bits per heavy atom. The first-order valence-electron chi connectivity index (χ1n) is 9.32. The van der Waals surface area contributed by atoms with E-state index < -0.39 is 29.1 Å². The summed E-state index contributed by atoms with van der Waals surface area (Å²) in [7, 11) is 0. The molecule has 3 rings (SSSR count). The van der Waals surface area contributed by atoms with Crippen molar-refractivity contribution in [2.45, 2.75) is 39.3 Å². The molecule has 0 saturated carbocycles. The largest absolute Gasteiger partial charge is 0.444 e. The minimum Gasteiger partial charge on any atom is -0.444 e. The highest BCUT2D eigenvalue weighted by Gasteiger charge is 2.23. The quantitative estimate of drug-likeness (QED) is 0.707. The molecule has 7 nitrogen and oxygen atoms in total. The molecule has 0 unspecified atom stereocenters. The first-order valence-corrected chi connectivity index (χ1v) is 9.32. The minimum absolute atomic E-state index is 0.123. The van der Waals surface area contributed by atoms with Crippen molar-refractivity contribution in [1.29, 1.82) is 5.26 Å². The maximum absolute atomic E-state index is 13.9. The van der Waals surface area contributed by atoms with Gasteiger partial charge < -0.3 is 10.1 Å². The van der Waals surface area contributed by atoms with Gasteiger partial charge >= 0.3 is 6.09 Å². The van der Waals surface area contributed by atoms with Crippen molar-refractivity contribution < 1.29 is 13.9 Å². The fraction of sp³-hybridized carbons (Fsp3) is 0.273. The van der Waals surface area contributed by atoms with Gasteiger partial charge in [-0.05, 0) is 58.0 Å². The maximum atomic E-state index is 13.9. The Balaban J connectivity index is 2.22. The molecular formula is C22H21FN4O3. The SMILES string of the molecule is C[C@H](NC(=O)OC(C)(C)C)c1nc2cccc(C#N)c2c(=O)n1-c1cccc(F)c1. The monoisotopic (exact) mass is 408 g/mol. The summed E-state index contributed by atoms with van der Waals surface area (Å²) >= 11 is 0. The molecule has 3 aromatic rings. The van der Waals surface area contributed by atoms with Gasteiger partial charge in [0.05, 0.1) is 28.2 Å². The summed E-state index contributed by atoms with van der Waals surface area (Å²) < 4.78 is 20.4. The van der Waals surface area contributed by atoms with E-state index in [1.54, 1.807) is 45.9 Å². The van der Waals surface area contributed by atoms with E-state index >= 15 is 0 Å². The summed E-state index contributed by atoms with van der Waals surface area (Å²) in [6.07, 6.45) is -0.680. The molecule has 0 radical (unpaired) electrons. The summed E-state index contributed by atoms with van der Waals surface area (Å²) in [5.41, 5.74) is -0.538. The van der Waals surface area contributed by atoms with Crippen LogP contribution < -0.4 is 10.9 Å². The van der Waals surface area contributed by atoms with Crippen LogP contribution in [-0.4, -0.2) is 21.2 Å². The number of nitrogens with zero attached hydrogens (tertiary/aromatic N) is 3. The molecule has 1 atom stereocenters. The molecule has 8 heteroatoms. The average Bonchev–Trinajstić information content (AvgIpc) is 2.65. The minimum atomic E-state index is -0.744. The zero-order valence-corrected chi connectivity index (χ0v) is 17.1. The van der Waals surface area contributed by atoms with Crippen LogP contribution in [0.1, 0.15) is 45.1 Å². The van der Waals surface area contributed by atoms with E-state index in [1.165, 1.54) is 28.8 Å². The van der Waals surface area contributed by atoms with Crippen molar-refractivity contribution in [3.8, 4) is 11.8 Å². The molecule has 0 fully saturated rings. The molecular weight excluding hydrogens is 387 g/mol. The van der Waals surface area contributed by atoms with Crippen molar-refractivity contribution in [2.24, 2.45) is 0 Å². The van der Waals surface area contributed by atoms with Gasteiger partial charge in [0.2, 0.25) is 0 Å². The lowest BCUT2D eigenvalue weighted by Gasteiger charge is -2.23. The number of halogens is 1. The molecule has 2 aromatic carbocycles. The summed E-state index contributed by atoms with van der Waals surface area (Å²) in [4.78, 5) is 30.1. The van der Waals surface area contributed by atoms with Crippen LogP contribution in [0.15, 0.2) is 47.3 Å². The van der Waals surface area contributed by atoms with Crippen LogP contribution in [0.4, 0.5) is 9.18 Å². The van der Waals surface area contributed by atoms with Gasteiger partial charge in [-0.2, -0.15) is 5.26 Å². The maximum Gasteiger partial charge on any atom is 0.408 e. The van der Waals surface area contributed by atoms with Crippen LogP contribution in [0.25, 0.3) is 16.6 Å². The molecule has 0 spiro atoms. The van der Waals surface area contributed by atoms with Crippen molar-refractivity contribution in [1.82, 2.24) is 14.9 Å². The Labute approximate surface area is 172 Å². The Kier molecular flexibility index (Phi) is 5.56. The van der Waals surface area contributed by atoms with Gasteiger partial charge in [-0.3, -0.25) is 9.36 Å². The number of hydrogen-bond donors (Lipinski definition) is 1. The van der Waals surface area contributed by atoms with Crippen molar-refractivity contribution in [3.63, 3.8) is 0 Å². The van der Waals surface area contributed by atoms with E-state index in [9.17, 15) is 19.2 Å². The highest BCUT2D eigenvalue weighted by molar-refractivity contribution is 5.84. The zero-order chi connectivity index (χ0) is 22.1. The van der Waals surface area contributed by atoms with Crippen molar-refractivity contribution in [3.05, 3.63) is 70.0 Å². The molecule has 0 saturated heterocycles. The number of nitriles is 1. The predicted octanol–water partition coefficient (Wildman–Crippen LogP) is 3.98. The van der Waals surface area contributed by atoms with Crippen LogP contribution in [0.3, 0.4) is 0 Å². The van der Waals surface area contributed by atoms with Gasteiger partial charge in [-0.15, -0.1) is 0 Å². The normalized spacial score (nSPS) is 12.3. The van der Waals surface area contributed by atoms with Crippen LogP contribution >= 0.6 is 0 Å². The Morgan fingerprint density at radius 3 is 2.60 bits per heavy atom. The third-order valence-electron chi connectivity index (χ3n) is 4.23. The van der Waals surface area contributed by atoms with E-state index in [-0.39, 0.29) is 22.5 Å². The number of alkyl carbamates (subject to hydrolysis) is 1. The Bertz CT molecular complexity index is 1220. The van der Waals surface area contributed by atoms with E-state index in [0.29, 0.717) is 5.52 Å². The molecule has 0 aliphatic heterocycles. The lowest BCUT2D eigenvalue weighted by atomic mass is 10.1. The van der Waals surface area contributed by atoms with E-state index in [1.807, 2.05) is 6.07 Å². The van der Waals surface area contributed by atoms with E-state index in [4.69, 9.17) is 4.74 Å². The summed E-state index contributed by atoms with van der Waals surface area (Å²) in [6, 6.07) is 11.5. The Hall–Kier alpha value is -3.73. The number of carbonyl (C=O) groups excluding carboxylic acids is 1.